The Hall–Kier alpha value is -6.75. The first-order valence-corrected chi connectivity index (χ1v) is 23.2. The summed E-state index contributed by atoms with van der Waals surface area (Å²) in [5.74, 6) is 2.24. The average molecular weight is 850 g/mol. The van der Waals surface area contributed by atoms with Crippen molar-refractivity contribution in [2.45, 2.75) is 0 Å². The van der Waals surface area contributed by atoms with Crippen LogP contribution >= 0.6 is 23.0 Å². The highest BCUT2D eigenvalue weighted by molar-refractivity contribution is 7.79. The zero-order valence-electron chi connectivity index (χ0n) is 32.7. The number of hydrogen-bond donors (Lipinski definition) is 0. The van der Waals surface area contributed by atoms with E-state index < -0.39 is 23.0 Å². The van der Waals surface area contributed by atoms with Gasteiger partial charge in [0.15, 0.2) is 0 Å². The fourth-order valence-electron chi connectivity index (χ4n) is 5.75. The van der Waals surface area contributed by atoms with Crippen LogP contribution in [-0.4, -0.2) is 0 Å². The summed E-state index contributed by atoms with van der Waals surface area (Å²) in [6.07, 6.45) is 10.2. The van der Waals surface area contributed by atoms with Crippen LogP contribution in [-0.2, 0) is 0 Å². The molecule has 0 saturated heterocycles. The number of para-hydroxylation sites is 2. The molecule has 0 aromatic heterocycles. The van der Waals surface area contributed by atoms with Crippen molar-refractivity contribution in [1.29, 1.82) is 0 Å². The molecule has 0 bridgehead atoms. The van der Waals surface area contributed by atoms with Crippen LogP contribution in [0.15, 0.2) is 199 Å². The minimum absolute atomic E-state index is 0.369. The van der Waals surface area contributed by atoms with Crippen LogP contribution in [0.4, 0.5) is 0 Å². The molecular weight excluding hydrogens is 807 g/mol. The van der Waals surface area contributed by atoms with Crippen molar-refractivity contribution >= 4 is 59.4 Å². The first-order chi connectivity index (χ1) is 29.2. The molecule has 0 aliphatic carbocycles. The third-order valence-electron chi connectivity index (χ3n) is 8.71. The van der Waals surface area contributed by atoms with Gasteiger partial charge in [-0.15, -0.1) is 0 Å². The van der Waals surface area contributed by atoms with E-state index in [0.29, 0.717) is 45.6 Å². The molecule has 1 heterocycles. The van der Waals surface area contributed by atoms with Crippen LogP contribution in [0.25, 0.3) is 36.5 Å². The SMILES string of the molecule is C=Cc1ccc(OP2(Oc3cccc(C=C)c3)=NP(Oc3cccc(C=C)c3)(Oc3ccccc3C=C)=NP(Oc3ccc(C=C)cc3)(Oc3ccccc3C=C)=N2)cc1. The summed E-state index contributed by atoms with van der Waals surface area (Å²) in [7, 11) is -12.5. The maximum atomic E-state index is 7.05. The second-order valence-corrected chi connectivity index (χ2v) is 19.1. The Labute approximate surface area is 351 Å². The molecule has 60 heavy (non-hydrogen) atoms. The lowest BCUT2D eigenvalue weighted by Gasteiger charge is -2.33. The molecule has 0 saturated carbocycles. The first kappa shape index (κ1) is 41.4. The van der Waals surface area contributed by atoms with E-state index in [9.17, 15) is 0 Å². The molecule has 300 valence electrons. The molecule has 9 nitrogen and oxygen atoms in total. The fraction of sp³-hybridized carbons (Fsp3) is 0. The van der Waals surface area contributed by atoms with Gasteiger partial charge in [-0.3, -0.25) is 0 Å². The van der Waals surface area contributed by atoms with Crippen molar-refractivity contribution in [2.24, 2.45) is 13.5 Å². The molecule has 0 N–H and O–H groups in total. The Morgan fingerprint density at radius 2 is 0.667 bits per heavy atom. The molecule has 12 heteroatoms. The van der Waals surface area contributed by atoms with Crippen molar-refractivity contribution in [3.8, 4) is 34.5 Å². The van der Waals surface area contributed by atoms with E-state index in [0.717, 1.165) is 22.3 Å². The average Bonchev–Trinajstić information content (AvgIpc) is 3.27. The van der Waals surface area contributed by atoms with Gasteiger partial charge in [0.05, 0.1) is 0 Å². The van der Waals surface area contributed by atoms with Gasteiger partial charge in [0.25, 0.3) is 0 Å². The van der Waals surface area contributed by atoms with E-state index in [4.69, 9.17) is 40.7 Å². The lowest BCUT2D eigenvalue weighted by Crippen LogP contribution is -2.11. The minimum atomic E-state index is -4.17. The lowest BCUT2D eigenvalue weighted by atomic mass is 10.2. The molecular formula is C48H42N3O6P3. The maximum Gasteiger partial charge on any atom is 0.460 e. The molecule has 0 amide bonds. The van der Waals surface area contributed by atoms with E-state index >= 15 is 0 Å². The van der Waals surface area contributed by atoms with Crippen LogP contribution < -0.4 is 27.1 Å². The van der Waals surface area contributed by atoms with Crippen molar-refractivity contribution < 1.29 is 27.1 Å². The zero-order valence-corrected chi connectivity index (χ0v) is 35.4. The highest BCUT2D eigenvalue weighted by Crippen LogP contribution is 2.78. The van der Waals surface area contributed by atoms with Crippen molar-refractivity contribution in [3.05, 3.63) is 218 Å². The second kappa shape index (κ2) is 18.4. The van der Waals surface area contributed by atoms with E-state index in [1.807, 2.05) is 84.9 Å². The van der Waals surface area contributed by atoms with E-state index in [1.165, 1.54) is 0 Å². The monoisotopic (exact) mass is 849 g/mol. The van der Waals surface area contributed by atoms with Crippen molar-refractivity contribution in [1.82, 2.24) is 0 Å². The number of benzene rings is 6. The summed E-state index contributed by atoms with van der Waals surface area (Å²) in [6.45, 7) is 23.8. The second-order valence-electron chi connectivity index (χ2n) is 12.9. The van der Waals surface area contributed by atoms with Crippen LogP contribution in [0, 0.1) is 0 Å². The summed E-state index contributed by atoms with van der Waals surface area (Å²) >= 11 is 0. The zero-order chi connectivity index (χ0) is 42.0. The standard InChI is InChI=1S/C48H42N3O6P3/c1-7-37-27-31-43(32-28-37)52-58(54-45-23-17-19-39(9-3)35-45)49-59(53-44-33-29-38(8-2)30-34-44,56-47-25-15-13-21-41(47)11-5)51-60(50-58,55-46-24-18-20-40(10-4)36-46)57-48-26-16-14-22-42(48)12-6/h7-36H,1-6H2. The van der Waals surface area contributed by atoms with Gasteiger partial charge < -0.3 is 27.1 Å². The molecule has 3 unspecified atom stereocenters. The Kier molecular flexibility index (Phi) is 12.7. The Balaban J connectivity index is 1.63. The van der Waals surface area contributed by atoms with Crippen LogP contribution in [0.3, 0.4) is 0 Å². The van der Waals surface area contributed by atoms with Crippen molar-refractivity contribution in [3.63, 3.8) is 0 Å². The van der Waals surface area contributed by atoms with Gasteiger partial charge in [0.2, 0.25) is 0 Å². The Morgan fingerprint density at radius 1 is 0.317 bits per heavy atom. The predicted molar refractivity (Wildman–Crippen MR) is 251 cm³/mol. The van der Waals surface area contributed by atoms with Crippen LogP contribution in [0.2, 0.25) is 0 Å². The quantitative estimate of drug-likeness (QED) is 0.0800. The van der Waals surface area contributed by atoms with Gasteiger partial charge in [-0.2, -0.15) is 0 Å². The fourth-order valence-corrected chi connectivity index (χ4v) is 14.9. The highest BCUT2D eigenvalue weighted by atomic mass is 31.3. The topological polar surface area (TPSA) is 92.5 Å². The summed E-state index contributed by atoms with van der Waals surface area (Å²) < 4.78 is 58.1. The summed E-state index contributed by atoms with van der Waals surface area (Å²) in [5, 5.41) is 0. The van der Waals surface area contributed by atoms with E-state index in [2.05, 4.69) is 39.5 Å². The molecule has 3 atom stereocenters. The lowest BCUT2D eigenvalue weighted by molar-refractivity contribution is 0.442. The number of rotatable bonds is 18. The molecule has 0 fully saturated rings. The highest BCUT2D eigenvalue weighted by Gasteiger charge is 2.49. The smallest absolute Gasteiger partial charge is 0.413 e. The minimum Gasteiger partial charge on any atom is -0.413 e. The maximum absolute atomic E-state index is 7.05. The van der Waals surface area contributed by atoms with Crippen LogP contribution in [0.1, 0.15) is 33.4 Å². The van der Waals surface area contributed by atoms with Gasteiger partial charge in [-0.05, 0) is 82.9 Å². The molecule has 0 spiro atoms. The van der Waals surface area contributed by atoms with Gasteiger partial charge in [0.1, 0.15) is 34.5 Å². The Morgan fingerprint density at radius 3 is 1.03 bits per heavy atom. The van der Waals surface area contributed by atoms with Gasteiger partial charge in [-0.25, -0.2) is 0 Å². The van der Waals surface area contributed by atoms with Gasteiger partial charge in [-0.1, -0.05) is 174 Å². The largest absolute Gasteiger partial charge is 0.460 e. The summed E-state index contributed by atoms with van der Waals surface area (Å²) in [6, 6.07) is 43.9. The van der Waals surface area contributed by atoms with E-state index in [-0.39, 0.29) is 0 Å². The van der Waals surface area contributed by atoms with Gasteiger partial charge in [0, 0.05) is 11.1 Å². The molecule has 0 radical (unpaired) electrons. The predicted octanol–water partition coefficient (Wildman–Crippen LogP) is 16.2. The third-order valence-corrected chi connectivity index (χ3v) is 16.8. The molecule has 1 aliphatic heterocycles. The molecule has 6 aromatic carbocycles. The first-order valence-electron chi connectivity index (χ1n) is 18.6. The number of nitrogens with zero attached hydrogens (tertiary/aromatic N) is 3. The Bertz CT molecular complexity index is 2780. The van der Waals surface area contributed by atoms with Crippen LogP contribution in [0.5, 0.6) is 34.5 Å². The summed E-state index contributed by atoms with van der Waals surface area (Å²) in [5.41, 5.74) is 4.62. The normalized spacial score (nSPS) is 19.0. The molecule has 1 aliphatic rings. The third kappa shape index (κ3) is 9.74. The molecule has 7 rings (SSSR count). The van der Waals surface area contributed by atoms with Crippen molar-refractivity contribution in [2.75, 3.05) is 0 Å². The molecule has 6 aromatic rings. The van der Waals surface area contributed by atoms with E-state index in [1.54, 1.807) is 97.1 Å². The van der Waals surface area contributed by atoms with Gasteiger partial charge >= 0.3 is 23.0 Å². The summed E-state index contributed by atoms with van der Waals surface area (Å²) in [4.78, 5) is 0. The number of hydrogen-bond acceptors (Lipinski definition) is 9.